The Kier molecular flexibility index (Phi) is 3.13. The minimum atomic E-state index is 0.871. The van der Waals surface area contributed by atoms with Crippen LogP contribution in [0.1, 0.15) is 44.1 Å². The van der Waals surface area contributed by atoms with Crippen LogP contribution in [0.15, 0.2) is 48.1 Å². The molecule has 0 amide bonds. The highest BCUT2D eigenvalue weighted by atomic mass is 14.3. The molecular formula is C17H20. The van der Waals surface area contributed by atoms with Gasteiger partial charge in [-0.25, -0.2) is 0 Å². The molecule has 0 heterocycles. The Morgan fingerprint density at radius 2 is 1.82 bits per heavy atom. The molecular weight excluding hydrogens is 204 g/mol. The maximum absolute atomic E-state index is 2.37. The summed E-state index contributed by atoms with van der Waals surface area (Å²) >= 11 is 0. The van der Waals surface area contributed by atoms with E-state index in [4.69, 9.17) is 0 Å². The second-order valence-electron chi connectivity index (χ2n) is 5.21. The van der Waals surface area contributed by atoms with Crippen LogP contribution in [0.4, 0.5) is 0 Å². The number of hydrogen-bond acceptors (Lipinski definition) is 0. The van der Waals surface area contributed by atoms with Crippen molar-refractivity contribution in [1.29, 1.82) is 0 Å². The van der Waals surface area contributed by atoms with Crippen molar-refractivity contribution in [3.05, 3.63) is 53.6 Å². The van der Waals surface area contributed by atoms with Crippen LogP contribution < -0.4 is 0 Å². The van der Waals surface area contributed by atoms with E-state index in [1.165, 1.54) is 37.7 Å². The lowest BCUT2D eigenvalue weighted by atomic mass is 9.86. The van der Waals surface area contributed by atoms with E-state index < -0.39 is 0 Å². The highest BCUT2D eigenvalue weighted by molar-refractivity contribution is 5.70. The molecule has 1 aromatic carbocycles. The normalized spacial score (nSPS) is 30.5. The predicted octanol–water partition coefficient (Wildman–Crippen LogP) is 4.98. The van der Waals surface area contributed by atoms with Crippen LogP contribution in [0.25, 0.3) is 5.57 Å². The van der Waals surface area contributed by atoms with Gasteiger partial charge in [-0.1, -0.05) is 48.1 Å². The third-order valence-electron chi connectivity index (χ3n) is 4.17. The number of hydrogen-bond donors (Lipinski definition) is 0. The van der Waals surface area contributed by atoms with Gasteiger partial charge in [-0.3, -0.25) is 0 Å². The van der Waals surface area contributed by atoms with Crippen molar-refractivity contribution in [2.45, 2.75) is 38.5 Å². The number of benzene rings is 1. The molecule has 0 bridgehead atoms. The quantitative estimate of drug-likeness (QED) is 0.590. The van der Waals surface area contributed by atoms with Gasteiger partial charge in [0.25, 0.3) is 0 Å². The molecule has 1 aromatic rings. The Morgan fingerprint density at radius 1 is 0.941 bits per heavy atom. The first-order chi connectivity index (χ1) is 8.45. The molecule has 0 N–H and O–H groups in total. The summed E-state index contributed by atoms with van der Waals surface area (Å²) in [5.74, 6) is 0.871. The Hall–Kier alpha value is -1.30. The molecule has 2 aliphatic carbocycles. The number of rotatable bonds is 1. The van der Waals surface area contributed by atoms with Crippen LogP contribution in [0.5, 0.6) is 0 Å². The molecule has 0 saturated heterocycles. The summed E-state index contributed by atoms with van der Waals surface area (Å²) in [6.07, 6.45) is 12.7. The van der Waals surface area contributed by atoms with Gasteiger partial charge in [-0.2, -0.15) is 0 Å². The molecule has 0 aromatic heterocycles. The van der Waals surface area contributed by atoms with E-state index in [0.29, 0.717) is 0 Å². The smallest absolute Gasteiger partial charge is 0.00919 e. The molecule has 1 unspecified atom stereocenters. The van der Waals surface area contributed by atoms with Gasteiger partial charge in [-0.15, -0.1) is 0 Å². The van der Waals surface area contributed by atoms with Crippen LogP contribution in [0.3, 0.4) is 0 Å². The highest BCUT2D eigenvalue weighted by Crippen LogP contribution is 2.41. The van der Waals surface area contributed by atoms with Crippen molar-refractivity contribution < 1.29 is 0 Å². The molecule has 3 rings (SSSR count). The fourth-order valence-electron chi connectivity index (χ4n) is 3.32. The Balaban J connectivity index is 2.03. The molecule has 1 atom stereocenters. The van der Waals surface area contributed by atoms with Gasteiger partial charge >= 0.3 is 0 Å². The fraction of sp³-hybridized carbons (Fsp3) is 0.412. The van der Waals surface area contributed by atoms with Gasteiger partial charge in [0.05, 0.1) is 0 Å². The Labute approximate surface area is 104 Å². The third-order valence-corrected chi connectivity index (χ3v) is 4.17. The van der Waals surface area contributed by atoms with E-state index in [1.54, 1.807) is 11.1 Å². The van der Waals surface area contributed by atoms with Crippen LogP contribution in [-0.4, -0.2) is 0 Å². The standard InChI is InChI=1S/C17H20/c1-3-8-14(9-4-1)16-12-6-2-5-10-15-11-7-13-17(15)16/h1-4,6,8-9,15H,5,7,10-13H2/b6-2-,17-16+. The van der Waals surface area contributed by atoms with E-state index in [9.17, 15) is 0 Å². The van der Waals surface area contributed by atoms with E-state index in [2.05, 4.69) is 42.5 Å². The Bertz CT molecular complexity index is 436. The van der Waals surface area contributed by atoms with Crippen molar-refractivity contribution >= 4 is 5.57 Å². The zero-order chi connectivity index (χ0) is 11.5. The zero-order valence-electron chi connectivity index (χ0n) is 10.4. The van der Waals surface area contributed by atoms with Gasteiger partial charge in [0.1, 0.15) is 0 Å². The van der Waals surface area contributed by atoms with E-state index in [-0.39, 0.29) is 0 Å². The average Bonchev–Trinajstić information content (AvgIpc) is 2.78. The van der Waals surface area contributed by atoms with Gasteiger partial charge in [0.15, 0.2) is 0 Å². The van der Waals surface area contributed by atoms with E-state index in [0.717, 1.165) is 12.3 Å². The van der Waals surface area contributed by atoms with Gasteiger partial charge in [0, 0.05) is 0 Å². The summed E-state index contributed by atoms with van der Waals surface area (Å²) in [5.41, 5.74) is 4.82. The monoisotopic (exact) mass is 224 g/mol. The second-order valence-corrected chi connectivity index (χ2v) is 5.21. The number of fused-ring (bicyclic) bond motifs is 1. The molecule has 2 aliphatic rings. The van der Waals surface area contributed by atoms with E-state index >= 15 is 0 Å². The highest BCUT2D eigenvalue weighted by Gasteiger charge is 2.24. The summed E-state index contributed by atoms with van der Waals surface area (Å²) < 4.78 is 0. The van der Waals surface area contributed by atoms with Crippen molar-refractivity contribution in [3.8, 4) is 0 Å². The molecule has 0 aliphatic heterocycles. The van der Waals surface area contributed by atoms with Crippen molar-refractivity contribution in [2.75, 3.05) is 0 Å². The summed E-state index contributed by atoms with van der Waals surface area (Å²) in [6.45, 7) is 0. The molecule has 1 fully saturated rings. The third kappa shape index (κ3) is 2.22. The zero-order valence-corrected chi connectivity index (χ0v) is 10.4. The largest absolute Gasteiger partial charge is 0.0882 e. The number of allylic oxidation sites excluding steroid dienone is 4. The fourth-order valence-corrected chi connectivity index (χ4v) is 3.32. The first kappa shape index (κ1) is 10.8. The summed E-state index contributed by atoms with van der Waals surface area (Å²) in [6, 6.07) is 11.0. The van der Waals surface area contributed by atoms with Crippen molar-refractivity contribution in [3.63, 3.8) is 0 Å². The van der Waals surface area contributed by atoms with Gasteiger partial charge in [0.2, 0.25) is 0 Å². The molecule has 0 radical (unpaired) electrons. The van der Waals surface area contributed by atoms with Crippen molar-refractivity contribution in [1.82, 2.24) is 0 Å². The first-order valence-corrected chi connectivity index (χ1v) is 6.87. The minimum absolute atomic E-state index is 0.871. The molecule has 1 saturated carbocycles. The van der Waals surface area contributed by atoms with Crippen LogP contribution in [-0.2, 0) is 0 Å². The minimum Gasteiger partial charge on any atom is -0.0882 e. The molecule has 0 nitrogen and oxygen atoms in total. The maximum atomic E-state index is 2.37. The van der Waals surface area contributed by atoms with Crippen molar-refractivity contribution in [2.24, 2.45) is 5.92 Å². The lowest BCUT2D eigenvalue weighted by molar-refractivity contribution is 0.577. The molecule has 88 valence electrons. The maximum Gasteiger partial charge on any atom is -0.00919 e. The molecule has 0 spiro atoms. The molecule has 0 heteroatoms. The van der Waals surface area contributed by atoms with E-state index in [1.807, 2.05) is 0 Å². The average molecular weight is 224 g/mol. The lowest BCUT2D eigenvalue weighted by Crippen LogP contribution is -2.01. The second kappa shape index (κ2) is 4.91. The Morgan fingerprint density at radius 3 is 2.71 bits per heavy atom. The van der Waals surface area contributed by atoms with Gasteiger partial charge in [-0.05, 0) is 55.6 Å². The first-order valence-electron chi connectivity index (χ1n) is 6.87. The predicted molar refractivity (Wildman–Crippen MR) is 73.7 cm³/mol. The lowest BCUT2D eigenvalue weighted by Gasteiger charge is -2.19. The van der Waals surface area contributed by atoms with Gasteiger partial charge < -0.3 is 0 Å². The summed E-state index contributed by atoms with van der Waals surface area (Å²) in [4.78, 5) is 0. The van der Waals surface area contributed by atoms with Crippen LogP contribution >= 0.6 is 0 Å². The molecule has 17 heavy (non-hydrogen) atoms. The summed E-state index contributed by atoms with van der Waals surface area (Å²) in [5, 5.41) is 0. The SMILES string of the molecule is C1=C\C/C(c2ccccc2)=C2/CCCC2CC/1. The topological polar surface area (TPSA) is 0 Å². The van der Waals surface area contributed by atoms with Crippen LogP contribution in [0.2, 0.25) is 0 Å². The summed E-state index contributed by atoms with van der Waals surface area (Å²) in [7, 11) is 0. The van der Waals surface area contributed by atoms with Crippen LogP contribution in [0, 0.1) is 5.92 Å².